The molecule has 0 aromatic heterocycles. The quantitative estimate of drug-likeness (QED) is 0.744. The third kappa shape index (κ3) is 2.78. The molecule has 0 amide bonds. The van der Waals surface area contributed by atoms with Gasteiger partial charge in [0.15, 0.2) is 0 Å². The summed E-state index contributed by atoms with van der Waals surface area (Å²) in [6.07, 6.45) is -4.43. The fourth-order valence-electron chi connectivity index (χ4n) is 1.09. The lowest BCUT2D eigenvalue weighted by atomic mass is 10.1. The molecule has 1 nitrogen and oxygen atoms in total. The topological polar surface area (TPSA) is 9.23 Å². The number of halogens is 5. The van der Waals surface area contributed by atoms with Crippen LogP contribution in [0.15, 0.2) is 16.6 Å². The molecule has 1 aromatic rings. The van der Waals surface area contributed by atoms with E-state index in [0.717, 1.165) is 6.07 Å². The molecule has 0 radical (unpaired) electrons. The summed E-state index contributed by atoms with van der Waals surface area (Å²) in [5.41, 5.74) is -0.257. The van der Waals surface area contributed by atoms with Gasteiger partial charge in [-0.3, -0.25) is 0 Å². The molecule has 84 valence electrons. The van der Waals surface area contributed by atoms with Gasteiger partial charge in [-0.05, 0) is 17.7 Å². The third-order valence-corrected chi connectivity index (χ3v) is 2.84. The largest absolute Gasteiger partial charge is 0.496 e. The van der Waals surface area contributed by atoms with E-state index >= 15 is 0 Å². The lowest BCUT2D eigenvalue weighted by molar-refractivity contribution is -0.138. The second-order valence-corrected chi connectivity index (χ2v) is 3.90. The molecule has 1 aromatic carbocycles. The lowest BCUT2D eigenvalue weighted by Crippen LogP contribution is -2.08. The van der Waals surface area contributed by atoms with Crippen LogP contribution < -0.4 is 4.74 Å². The first kappa shape index (κ1) is 12.6. The van der Waals surface area contributed by atoms with Crippen LogP contribution in [0.25, 0.3) is 0 Å². The van der Waals surface area contributed by atoms with Gasteiger partial charge in [0.1, 0.15) is 5.75 Å². The van der Waals surface area contributed by atoms with E-state index in [2.05, 4.69) is 20.7 Å². The fourth-order valence-corrected chi connectivity index (χ4v) is 1.95. The number of hydrogen-bond acceptors (Lipinski definition) is 1. The Bertz CT molecular complexity index is 365. The van der Waals surface area contributed by atoms with Crippen molar-refractivity contribution in [3.8, 4) is 5.75 Å². The highest BCUT2D eigenvalue weighted by Crippen LogP contribution is 2.39. The average molecular weight is 304 g/mol. The van der Waals surface area contributed by atoms with Gasteiger partial charge in [0.05, 0.1) is 12.7 Å². The van der Waals surface area contributed by atoms with E-state index in [1.54, 1.807) is 0 Å². The normalized spacial score (nSPS) is 11.6. The molecule has 0 aliphatic carbocycles. The maximum atomic E-state index is 12.5. The SMILES string of the molecule is COc1cc(CCl)c(Br)cc1C(F)(F)F. The molecule has 0 atom stereocenters. The summed E-state index contributed by atoms with van der Waals surface area (Å²) in [5, 5.41) is 0. The Balaban J connectivity index is 3.34. The molecule has 0 N–H and O–H groups in total. The Morgan fingerprint density at radius 3 is 2.40 bits per heavy atom. The van der Waals surface area contributed by atoms with Crippen LogP contribution in [0.2, 0.25) is 0 Å². The molecular weight excluding hydrogens is 296 g/mol. The monoisotopic (exact) mass is 302 g/mol. The maximum absolute atomic E-state index is 12.5. The first-order chi connectivity index (χ1) is 6.90. The van der Waals surface area contributed by atoms with Crippen molar-refractivity contribution in [3.05, 3.63) is 27.7 Å². The van der Waals surface area contributed by atoms with Gasteiger partial charge in [0.25, 0.3) is 0 Å². The average Bonchev–Trinajstić information content (AvgIpc) is 2.16. The number of hydrogen-bond donors (Lipinski definition) is 0. The molecular formula is C9H7BrClF3O. The Morgan fingerprint density at radius 2 is 2.00 bits per heavy atom. The zero-order valence-electron chi connectivity index (χ0n) is 7.66. The second-order valence-electron chi connectivity index (χ2n) is 2.78. The summed E-state index contributed by atoms with van der Waals surface area (Å²) in [6, 6.07) is 2.25. The highest BCUT2D eigenvalue weighted by atomic mass is 79.9. The van der Waals surface area contributed by atoms with Crippen LogP contribution >= 0.6 is 27.5 Å². The molecule has 6 heteroatoms. The predicted octanol–water partition coefficient (Wildman–Crippen LogP) is 4.22. The summed E-state index contributed by atoms with van der Waals surface area (Å²) in [5.74, 6) is -0.101. The van der Waals surface area contributed by atoms with E-state index in [0.29, 0.717) is 10.0 Å². The summed E-state index contributed by atoms with van der Waals surface area (Å²) in [4.78, 5) is 0. The van der Waals surface area contributed by atoms with E-state index in [1.807, 2.05) is 0 Å². The standard InChI is InChI=1S/C9H7BrClF3O/c1-15-8-2-5(4-11)7(10)3-6(8)9(12,13)14/h2-3H,4H2,1H3. The fraction of sp³-hybridized carbons (Fsp3) is 0.333. The van der Waals surface area contributed by atoms with Crippen molar-refractivity contribution >= 4 is 27.5 Å². The summed E-state index contributed by atoms with van der Waals surface area (Å²) in [7, 11) is 1.19. The third-order valence-electron chi connectivity index (χ3n) is 1.82. The number of rotatable bonds is 2. The van der Waals surface area contributed by atoms with Crippen molar-refractivity contribution in [2.75, 3.05) is 7.11 Å². The zero-order valence-corrected chi connectivity index (χ0v) is 10.0. The molecule has 0 aliphatic heterocycles. The van der Waals surface area contributed by atoms with Crippen LogP contribution in [0.1, 0.15) is 11.1 Å². The molecule has 0 unspecified atom stereocenters. The number of alkyl halides is 4. The van der Waals surface area contributed by atoms with Crippen LogP contribution in [0, 0.1) is 0 Å². The van der Waals surface area contributed by atoms with Gasteiger partial charge >= 0.3 is 6.18 Å². The molecule has 1 rings (SSSR count). The molecule has 0 bridgehead atoms. The molecule has 0 aliphatic rings. The van der Waals surface area contributed by atoms with Crippen molar-refractivity contribution in [2.45, 2.75) is 12.1 Å². The molecule has 15 heavy (non-hydrogen) atoms. The molecule has 0 saturated heterocycles. The summed E-state index contributed by atoms with van der Waals surface area (Å²) in [6.45, 7) is 0. The van der Waals surface area contributed by atoms with Crippen LogP contribution in [0.3, 0.4) is 0 Å². The predicted molar refractivity (Wildman–Crippen MR) is 55.3 cm³/mol. The van der Waals surface area contributed by atoms with Crippen molar-refractivity contribution < 1.29 is 17.9 Å². The van der Waals surface area contributed by atoms with Crippen LogP contribution in [-0.2, 0) is 12.1 Å². The van der Waals surface area contributed by atoms with Crippen molar-refractivity contribution in [2.24, 2.45) is 0 Å². The lowest BCUT2D eigenvalue weighted by Gasteiger charge is -2.13. The first-order valence-corrected chi connectivity index (χ1v) is 5.22. The van der Waals surface area contributed by atoms with Gasteiger partial charge < -0.3 is 4.74 Å². The van der Waals surface area contributed by atoms with Crippen molar-refractivity contribution in [1.29, 1.82) is 0 Å². The molecule has 0 fully saturated rings. The minimum absolute atomic E-state index is 0.120. The number of ether oxygens (including phenoxy) is 1. The minimum atomic E-state index is -4.43. The second kappa shape index (κ2) is 4.61. The Kier molecular flexibility index (Phi) is 3.89. The van der Waals surface area contributed by atoms with Crippen LogP contribution in [-0.4, -0.2) is 7.11 Å². The highest BCUT2D eigenvalue weighted by Gasteiger charge is 2.34. The number of methoxy groups -OCH3 is 1. The maximum Gasteiger partial charge on any atom is 0.420 e. The minimum Gasteiger partial charge on any atom is -0.496 e. The van der Waals surface area contributed by atoms with Gasteiger partial charge in [0, 0.05) is 10.4 Å². The Hall–Kier alpha value is -0.420. The van der Waals surface area contributed by atoms with Gasteiger partial charge in [0.2, 0.25) is 0 Å². The summed E-state index contributed by atoms with van der Waals surface area (Å²) >= 11 is 8.58. The molecule has 0 heterocycles. The van der Waals surface area contributed by atoms with Crippen LogP contribution in [0.4, 0.5) is 13.2 Å². The van der Waals surface area contributed by atoms with Gasteiger partial charge in [-0.1, -0.05) is 15.9 Å². The van der Waals surface area contributed by atoms with E-state index < -0.39 is 11.7 Å². The zero-order chi connectivity index (χ0) is 11.6. The Labute approximate surface area is 98.3 Å². The van der Waals surface area contributed by atoms with Crippen molar-refractivity contribution in [1.82, 2.24) is 0 Å². The van der Waals surface area contributed by atoms with Gasteiger partial charge in [-0.25, -0.2) is 0 Å². The molecule has 0 saturated carbocycles. The van der Waals surface area contributed by atoms with Gasteiger partial charge in [-0.2, -0.15) is 13.2 Å². The van der Waals surface area contributed by atoms with Crippen molar-refractivity contribution in [3.63, 3.8) is 0 Å². The number of benzene rings is 1. The smallest absolute Gasteiger partial charge is 0.420 e. The highest BCUT2D eigenvalue weighted by molar-refractivity contribution is 9.10. The summed E-state index contributed by atoms with van der Waals surface area (Å²) < 4.78 is 42.5. The van der Waals surface area contributed by atoms with E-state index in [9.17, 15) is 13.2 Å². The molecule has 0 spiro atoms. The van der Waals surface area contributed by atoms with E-state index in [4.69, 9.17) is 11.6 Å². The van der Waals surface area contributed by atoms with Gasteiger partial charge in [-0.15, -0.1) is 11.6 Å². The first-order valence-electron chi connectivity index (χ1n) is 3.89. The van der Waals surface area contributed by atoms with Crippen LogP contribution in [0.5, 0.6) is 5.75 Å². The Morgan fingerprint density at radius 1 is 1.40 bits per heavy atom. The van der Waals surface area contributed by atoms with E-state index in [-0.39, 0.29) is 11.6 Å². The van der Waals surface area contributed by atoms with E-state index in [1.165, 1.54) is 13.2 Å².